The molecule has 220 valence electrons. The minimum atomic E-state index is -1.34. The third-order valence-corrected chi connectivity index (χ3v) is 8.99. The third kappa shape index (κ3) is 6.07. The van der Waals surface area contributed by atoms with Crippen molar-refractivity contribution in [1.82, 2.24) is 5.32 Å². The average Bonchev–Trinajstić information content (AvgIpc) is 3.07. The fraction of sp³-hybridized carbons (Fsp3) is 0.150. The number of aliphatic hydroxyl groups is 1. The van der Waals surface area contributed by atoms with Gasteiger partial charge in [0.05, 0.1) is 6.04 Å². The van der Waals surface area contributed by atoms with Crippen LogP contribution in [0, 0.1) is 0 Å². The maximum atomic E-state index is 13.2. The van der Waals surface area contributed by atoms with E-state index in [0.717, 1.165) is 38.0 Å². The van der Waals surface area contributed by atoms with Crippen molar-refractivity contribution in [3.05, 3.63) is 184 Å². The maximum Gasteiger partial charge on any atom is 0.130 e. The maximum absolute atomic E-state index is 13.2. The van der Waals surface area contributed by atoms with Gasteiger partial charge in [-0.25, -0.2) is 0 Å². The van der Waals surface area contributed by atoms with E-state index in [4.69, 9.17) is 0 Å². The molecule has 2 atom stereocenters. The first-order valence-corrected chi connectivity index (χ1v) is 15.8. The molecule has 6 aromatic rings. The van der Waals surface area contributed by atoms with Crippen molar-refractivity contribution in [1.29, 1.82) is 0 Å². The van der Waals surface area contributed by atoms with E-state index < -0.39 is 11.6 Å². The van der Waals surface area contributed by atoms with E-state index >= 15 is 0 Å². The first kappa shape index (κ1) is 29.8. The number of anilines is 1. The predicted molar refractivity (Wildman–Crippen MR) is 187 cm³/mol. The van der Waals surface area contributed by atoms with E-state index in [-0.39, 0.29) is 6.04 Å². The van der Waals surface area contributed by atoms with Crippen molar-refractivity contribution in [3.8, 4) is 0 Å². The van der Waals surface area contributed by atoms with Gasteiger partial charge in [0.15, 0.2) is 0 Å². The van der Waals surface area contributed by atoms with E-state index in [9.17, 15) is 5.11 Å². The first-order chi connectivity index (χ1) is 21.4. The minimum Gasteiger partial charge on any atom is -0.379 e. The molecule has 0 fully saturated rings. The Bertz CT molecular complexity index is 1780. The number of halogens is 1. The Hall–Kier alpha value is -4.22. The van der Waals surface area contributed by atoms with Gasteiger partial charge >= 0.3 is 0 Å². The van der Waals surface area contributed by atoms with E-state index in [1.165, 1.54) is 10.8 Å². The van der Waals surface area contributed by atoms with Gasteiger partial charge in [-0.1, -0.05) is 149 Å². The average molecular weight is 642 g/mol. The Morgan fingerprint density at radius 2 is 1.23 bits per heavy atom. The standard InChI is InChI=1S/C40H37BrN2O/c1-43(2)37-26-25-33(41)28-36(37)39(35-24-14-18-30-17-12-13-23-34(30)35)42-38(27-29-15-6-3-7-16-29)40(44,31-19-8-4-9-20-31)32-21-10-5-11-22-32/h3-26,28,38-39,42,44H,27H2,1-2H3/t38-,39+/m0/s1. The summed E-state index contributed by atoms with van der Waals surface area (Å²) < 4.78 is 1.01. The zero-order valence-corrected chi connectivity index (χ0v) is 26.7. The molecular formula is C40H37BrN2O. The molecule has 44 heavy (non-hydrogen) atoms. The zero-order chi connectivity index (χ0) is 30.5. The highest BCUT2D eigenvalue weighted by molar-refractivity contribution is 9.10. The molecule has 0 amide bonds. The Kier molecular flexibility index (Phi) is 8.94. The molecule has 0 aliphatic rings. The Morgan fingerprint density at radius 3 is 1.86 bits per heavy atom. The lowest BCUT2D eigenvalue weighted by molar-refractivity contribution is 0.0339. The fourth-order valence-corrected chi connectivity index (χ4v) is 6.72. The van der Waals surface area contributed by atoms with Gasteiger partial charge in [0, 0.05) is 30.3 Å². The summed E-state index contributed by atoms with van der Waals surface area (Å²) in [5.74, 6) is 0. The number of nitrogens with one attached hydrogen (secondary N) is 1. The largest absolute Gasteiger partial charge is 0.379 e. The summed E-state index contributed by atoms with van der Waals surface area (Å²) in [5, 5.41) is 19.6. The lowest BCUT2D eigenvalue weighted by Crippen LogP contribution is -2.52. The van der Waals surface area contributed by atoms with E-state index in [2.05, 4.69) is 125 Å². The molecule has 0 aromatic heterocycles. The number of benzene rings is 6. The molecule has 0 spiro atoms. The zero-order valence-electron chi connectivity index (χ0n) is 25.1. The second-order valence-corrected chi connectivity index (χ2v) is 12.4. The second-order valence-electron chi connectivity index (χ2n) is 11.5. The molecule has 0 radical (unpaired) electrons. The second kappa shape index (κ2) is 13.2. The molecule has 6 aromatic carbocycles. The van der Waals surface area contributed by atoms with E-state index in [1.807, 2.05) is 66.7 Å². The van der Waals surface area contributed by atoms with E-state index in [0.29, 0.717) is 6.42 Å². The monoisotopic (exact) mass is 640 g/mol. The van der Waals surface area contributed by atoms with Gasteiger partial charge in [0.25, 0.3) is 0 Å². The van der Waals surface area contributed by atoms with Crippen molar-refractivity contribution in [3.63, 3.8) is 0 Å². The summed E-state index contributed by atoms with van der Waals surface area (Å²) in [7, 11) is 4.16. The molecule has 0 bridgehead atoms. The van der Waals surface area contributed by atoms with Crippen LogP contribution in [0.4, 0.5) is 5.69 Å². The van der Waals surface area contributed by atoms with Crippen molar-refractivity contribution < 1.29 is 5.11 Å². The summed E-state index contributed by atoms with van der Waals surface area (Å²) in [6.45, 7) is 0. The third-order valence-electron chi connectivity index (χ3n) is 8.50. The quantitative estimate of drug-likeness (QED) is 0.157. The molecule has 0 aliphatic carbocycles. The molecule has 0 saturated carbocycles. The van der Waals surface area contributed by atoms with Crippen molar-refractivity contribution in [2.75, 3.05) is 19.0 Å². The highest BCUT2D eigenvalue weighted by atomic mass is 79.9. The Morgan fingerprint density at radius 1 is 0.659 bits per heavy atom. The van der Waals surface area contributed by atoms with Gasteiger partial charge in [0.2, 0.25) is 0 Å². The molecular weight excluding hydrogens is 604 g/mol. The lowest BCUT2D eigenvalue weighted by atomic mass is 9.77. The summed E-state index contributed by atoms with van der Waals surface area (Å²) >= 11 is 3.77. The molecule has 0 unspecified atom stereocenters. The molecule has 3 nitrogen and oxygen atoms in total. The van der Waals surface area contributed by atoms with Crippen molar-refractivity contribution in [2.24, 2.45) is 0 Å². The van der Waals surface area contributed by atoms with Crippen LogP contribution in [0.15, 0.2) is 156 Å². The van der Waals surface area contributed by atoms with Gasteiger partial charge in [-0.05, 0) is 63.2 Å². The van der Waals surface area contributed by atoms with Crippen molar-refractivity contribution >= 4 is 32.4 Å². The number of rotatable bonds is 10. The summed E-state index contributed by atoms with van der Waals surface area (Å²) in [5.41, 5.74) is 4.89. The van der Waals surface area contributed by atoms with Crippen LogP contribution in [0.2, 0.25) is 0 Å². The van der Waals surface area contributed by atoms with Crippen LogP contribution in [0.25, 0.3) is 10.8 Å². The fourth-order valence-electron chi connectivity index (χ4n) is 6.34. The Balaban J connectivity index is 1.61. The lowest BCUT2D eigenvalue weighted by Gasteiger charge is -2.41. The van der Waals surface area contributed by atoms with E-state index in [1.54, 1.807) is 0 Å². The summed E-state index contributed by atoms with van der Waals surface area (Å²) in [6.07, 6.45) is 0.605. The molecule has 0 saturated heterocycles. The number of hydrogen-bond donors (Lipinski definition) is 2. The van der Waals surface area contributed by atoms with Gasteiger partial charge in [-0.2, -0.15) is 0 Å². The highest BCUT2D eigenvalue weighted by Gasteiger charge is 2.42. The molecule has 0 aliphatic heterocycles. The summed E-state index contributed by atoms with van der Waals surface area (Å²) in [4.78, 5) is 2.16. The summed E-state index contributed by atoms with van der Waals surface area (Å²) in [6, 6.07) is 51.4. The highest BCUT2D eigenvalue weighted by Crippen LogP contribution is 2.40. The number of nitrogens with zero attached hydrogens (tertiary/aromatic N) is 1. The van der Waals surface area contributed by atoms with Gasteiger partial charge in [-0.15, -0.1) is 0 Å². The van der Waals surface area contributed by atoms with Gasteiger partial charge < -0.3 is 10.0 Å². The number of hydrogen-bond acceptors (Lipinski definition) is 3. The van der Waals surface area contributed by atoms with Gasteiger partial charge in [-0.3, -0.25) is 5.32 Å². The normalized spacial score (nSPS) is 13.0. The molecule has 4 heteroatoms. The van der Waals surface area contributed by atoms with Crippen LogP contribution in [-0.4, -0.2) is 25.2 Å². The first-order valence-electron chi connectivity index (χ1n) is 15.0. The smallest absolute Gasteiger partial charge is 0.130 e. The SMILES string of the molecule is CN(C)c1ccc(Br)cc1[C@H](N[C@@H](Cc1ccccc1)C(O)(c1ccccc1)c1ccccc1)c1cccc2ccccc12. The van der Waals surface area contributed by atoms with Crippen LogP contribution < -0.4 is 10.2 Å². The predicted octanol–water partition coefficient (Wildman–Crippen LogP) is 8.89. The Labute approximate surface area is 269 Å². The van der Waals surface area contributed by atoms with Gasteiger partial charge in [0.1, 0.15) is 5.60 Å². The number of fused-ring (bicyclic) bond motifs is 1. The molecule has 6 rings (SSSR count). The topological polar surface area (TPSA) is 35.5 Å². The minimum absolute atomic E-state index is 0.247. The van der Waals surface area contributed by atoms with Crippen LogP contribution in [0.5, 0.6) is 0 Å². The van der Waals surface area contributed by atoms with Crippen molar-refractivity contribution in [2.45, 2.75) is 24.1 Å². The van der Waals surface area contributed by atoms with Crippen LogP contribution >= 0.6 is 15.9 Å². The van der Waals surface area contributed by atoms with Crippen LogP contribution in [0.3, 0.4) is 0 Å². The molecule has 2 N–H and O–H groups in total. The van der Waals surface area contributed by atoms with Crippen LogP contribution in [0.1, 0.15) is 33.9 Å². The van der Waals surface area contributed by atoms with Crippen LogP contribution in [-0.2, 0) is 12.0 Å². The molecule has 0 heterocycles.